The van der Waals surface area contributed by atoms with E-state index in [9.17, 15) is 4.79 Å². The van der Waals surface area contributed by atoms with Crippen LogP contribution in [0.25, 0.3) is 17.7 Å². The fourth-order valence-corrected chi connectivity index (χ4v) is 5.18. The van der Waals surface area contributed by atoms with Crippen LogP contribution in [0.15, 0.2) is 109 Å². The molecule has 3 aliphatic carbocycles. The van der Waals surface area contributed by atoms with Gasteiger partial charge >= 0.3 is 0 Å². The maximum absolute atomic E-state index is 13.3. The third-order valence-corrected chi connectivity index (χ3v) is 7.01. The Kier molecular flexibility index (Phi) is 5.42. The Labute approximate surface area is 206 Å². The van der Waals surface area contributed by atoms with E-state index in [1.54, 1.807) is 0 Å². The van der Waals surface area contributed by atoms with Crippen LogP contribution in [0.1, 0.15) is 51.9 Å². The summed E-state index contributed by atoms with van der Waals surface area (Å²) in [4.78, 5) is 15.6. The van der Waals surface area contributed by atoms with Gasteiger partial charge in [-0.05, 0) is 102 Å². The lowest BCUT2D eigenvalue weighted by molar-refractivity contribution is 0.104. The van der Waals surface area contributed by atoms with E-state index in [0.717, 1.165) is 59.3 Å². The lowest BCUT2D eigenvalue weighted by atomic mass is 9.92. The Morgan fingerprint density at radius 2 is 1.57 bits per heavy atom. The second kappa shape index (κ2) is 8.88. The van der Waals surface area contributed by atoms with Crippen LogP contribution in [0.4, 0.5) is 11.4 Å². The molecule has 0 saturated heterocycles. The molecule has 3 aromatic rings. The SMILES string of the molecule is C=C1/C(=C\c2ccc(N(C3=CCCC=C3)c3ccccc3)cc2)C(=O)c2cc3c(cc21)C=CCC3. The zero-order valence-corrected chi connectivity index (χ0v) is 19.7. The summed E-state index contributed by atoms with van der Waals surface area (Å²) < 4.78 is 0. The number of Topliss-reactive ketones (excluding diaryl/α,β-unsaturated/α-hetero) is 1. The standard InChI is InChI=1S/C33H27NO/c1-23-30-21-25-10-8-9-11-26(25)22-32(30)33(35)31(23)20-24-16-18-29(19-17-24)34(27-12-4-2-5-13-27)28-14-6-3-7-15-28/h2,4-6,8,10,12-22H,1,3,7,9,11H2/b31-20+. The predicted octanol–water partition coefficient (Wildman–Crippen LogP) is 8.31. The number of fused-ring (bicyclic) bond motifs is 2. The number of carbonyl (C=O) groups is 1. The average molecular weight is 454 g/mol. The fourth-order valence-electron chi connectivity index (χ4n) is 5.18. The van der Waals surface area contributed by atoms with Gasteiger partial charge in [0.2, 0.25) is 0 Å². The molecule has 2 heteroatoms. The van der Waals surface area contributed by atoms with Gasteiger partial charge in [0.05, 0.1) is 0 Å². The van der Waals surface area contributed by atoms with Crippen molar-refractivity contribution in [1.82, 2.24) is 0 Å². The zero-order chi connectivity index (χ0) is 23.8. The highest BCUT2D eigenvalue weighted by Crippen LogP contribution is 2.40. The first kappa shape index (κ1) is 21.4. The summed E-state index contributed by atoms with van der Waals surface area (Å²) >= 11 is 0. The molecule has 0 bridgehead atoms. The number of allylic oxidation sites excluding steroid dienone is 6. The number of carbonyl (C=O) groups excluding carboxylic acids is 1. The van der Waals surface area contributed by atoms with Gasteiger partial charge in [-0.15, -0.1) is 0 Å². The summed E-state index contributed by atoms with van der Waals surface area (Å²) in [5, 5.41) is 0. The van der Waals surface area contributed by atoms with Crippen molar-refractivity contribution >= 4 is 34.9 Å². The van der Waals surface area contributed by atoms with Gasteiger partial charge in [0.15, 0.2) is 5.78 Å². The third kappa shape index (κ3) is 3.91. The van der Waals surface area contributed by atoms with Gasteiger partial charge < -0.3 is 4.90 Å². The van der Waals surface area contributed by atoms with E-state index in [2.05, 4.69) is 103 Å². The molecule has 0 heterocycles. The summed E-state index contributed by atoms with van der Waals surface area (Å²) in [6.45, 7) is 4.28. The van der Waals surface area contributed by atoms with Crippen molar-refractivity contribution in [2.45, 2.75) is 25.7 Å². The number of hydrogen-bond donors (Lipinski definition) is 0. The molecule has 0 N–H and O–H groups in total. The highest BCUT2D eigenvalue weighted by Gasteiger charge is 2.29. The smallest absolute Gasteiger partial charge is 0.194 e. The Morgan fingerprint density at radius 3 is 2.34 bits per heavy atom. The maximum atomic E-state index is 13.3. The molecule has 0 aliphatic heterocycles. The summed E-state index contributed by atoms with van der Waals surface area (Å²) in [6, 6.07) is 23.1. The number of para-hydroxylation sites is 1. The molecular formula is C33H27NO. The van der Waals surface area contributed by atoms with E-state index in [-0.39, 0.29) is 5.78 Å². The number of rotatable bonds is 4. The molecule has 0 radical (unpaired) electrons. The van der Waals surface area contributed by atoms with Gasteiger partial charge in [0.25, 0.3) is 0 Å². The number of anilines is 2. The Bertz CT molecular complexity index is 1450. The van der Waals surface area contributed by atoms with Crippen molar-refractivity contribution in [1.29, 1.82) is 0 Å². The van der Waals surface area contributed by atoms with Crippen LogP contribution in [0.2, 0.25) is 0 Å². The highest BCUT2D eigenvalue weighted by atomic mass is 16.1. The largest absolute Gasteiger partial charge is 0.311 e. The number of benzene rings is 3. The molecule has 35 heavy (non-hydrogen) atoms. The average Bonchev–Trinajstić information content (AvgIpc) is 3.14. The van der Waals surface area contributed by atoms with Crippen molar-refractivity contribution in [2.24, 2.45) is 0 Å². The first-order chi connectivity index (χ1) is 17.2. The first-order valence-corrected chi connectivity index (χ1v) is 12.3. The number of ketones is 1. The van der Waals surface area contributed by atoms with Crippen LogP contribution in [-0.2, 0) is 6.42 Å². The molecule has 0 spiro atoms. The molecule has 170 valence electrons. The van der Waals surface area contributed by atoms with Gasteiger partial charge in [0, 0.05) is 28.2 Å². The van der Waals surface area contributed by atoms with E-state index in [1.165, 1.54) is 16.8 Å². The van der Waals surface area contributed by atoms with Gasteiger partial charge in [-0.2, -0.15) is 0 Å². The molecule has 0 fully saturated rings. The minimum Gasteiger partial charge on any atom is -0.311 e. The van der Waals surface area contributed by atoms with Crippen molar-refractivity contribution < 1.29 is 4.79 Å². The minimum atomic E-state index is 0.0786. The topological polar surface area (TPSA) is 20.3 Å². The van der Waals surface area contributed by atoms with Crippen molar-refractivity contribution in [2.75, 3.05) is 4.90 Å². The summed E-state index contributed by atoms with van der Waals surface area (Å²) in [6.07, 6.45) is 17.2. The van der Waals surface area contributed by atoms with E-state index in [4.69, 9.17) is 0 Å². The lowest BCUT2D eigenvalue weighted by Gasteiger charge is -2.27. The summed E-state index contributed by atoms with van der Waals surface area (Å²) in [7, 11) is 0. The Balaban J connectivity index is 1.33. The summed E-state index contributed by atoms with van der Waals surface area (Å²) in [5.74, 6) is 0.0786. The molecule has 0 atom stereocenters. The number of aryl methyl sites for hydroxylation is 1. The van der Waals surface area contributed by atoms with Crippen LogP contribution in [-0.4, -0.2) is 5.78 Å². The predicted molar refractivity (Wildman–Crippen MR) is 147 cm³/mol. The Morgan fingerprint density at radius 1 is 0.800 bits per heavy atom. The van der Waals surface area contributed by atoms with Crippen molar-refractivity contribution in [3.05, 3.63) is 137 Å². The minimum absolute atomic E-state index is 0.0786. The fraction of sp³-hybridized carbons (Fsp3) is 0.121. The Hall–Kier alpha value is -4.17. The number of hydrogen-bond acceptors (Lipinski definition) is 2. The molecule has 6 rings (SSSR count). The monoisotopic (exact) mass is 453 g/mol. The summed E-state index contributed by atoms with van der Waals surface area (Å²) in [5.41, 5.74) is 10.1. The maximum Gasteiger partial charge on any atom is 0.194 e. The van der Waals surface area contributed by atoms with Crippen LogP contribution >= 0.6 is 0 Å². The molecule has 0 aromatic heterocycles. The molecule has 3 aliphatic rings. The van der Waals surface area contributed by atoms with Gasteiger partial charge in [0.1, 0.15) is 0 Å². The van der Waals surface area contributed by atoms with Gasteiger partial charge in [-0.3, -0.25) is 4.79 Å². The molecular weight excluding hydrogens is 426 g/mol. The van der Waals surface area contributed by atoms with Crippen LogP contribution in [0, 0.1) is 0 Å². The van der Waals surface area contributed by atoms with Crippen LogP contribution in [0.3, 0.4) is 0 Å². The highest BCUT2D eigenvalue weighted by molar-refractivity contribution is 6.28. The van der Waals surface area contributed by atoms with E-state index in [1.807, 2.05) is 12.1 Å². The lowest BCUT2D eigenvalue weighted by Crippen LogP contribution is -2.16. The van der Waals surface area contributed by atoms with Crippen LogP contribution in [0.5, 0.6) is 0 Å². The first-order valence-electron chi connectivity index (χ1n) is 12.3. The van der Waals surface area contributed by atoms with Gasteiger partial charge in [-0.1, -0.05) is 61.2 Å². The second-order valence-electron chi connectivity index (χ2n) is 9.27. The van der Waals surface area contributed by atoms with E-state index >= 15 is 0 Å². The normalized spacial score (nSPS) is 17.4. The van der Waals surface area contributed by atoms with Crippen molar-refractivity contribution in [3.63, 3.8) is 0 Å². The van der Waals surface area contributed by atoms with Crippen LogP contribution < -0.4 is 4.90 Å². The molecule has 0 unspecified atom stereocenters. The zero-order valence-electron chi connectivity index (χ0n) is 19.7. The van der Waals surface area contributed by atoms with Crippen molar-refractivity contribution in [3.8, 4) is 0 Å². The third-order valence-electron chi connectivity index (χ3n) is 7.01. The second-order valence-corrected chi connectivity index (χ2v) is 9.27. The molecule has 0 amide bonds. The van der Waals surface area contributed by atoms with Gasteiger partial charge in [-0.25, -0.2) is 0 Å². The van der Waals surface area contributed by atoms with E-state index in [0.29, 0.717) is 5.57 Å². The molecule has 2 nitrogen and oxygen atoms in total. The molecule has 3 aromatic carbocycles. The quantitative estimate of drug-likeness (QED) is 0.370. The molecule has 0 saturated carbocycles. The van der Waals surface area contributed by atoms with E-state index < -0.39 is 0 Å². The number of nitrogens with zero attached hydrogens (tertiary/aromatic N) is 1.